The average Bonchev–Trinajstić information content (AvgIpc) is 2.63. The molecule has 0 aliphatic heterocycles. The number of hydrogen-bond donors (Lipinski definition) is 1. The molecule has 0 aromatic carbocycles. The lowest BCUT2D eigenvalue weighted by atomic mass is 10.2. The van der Waals surface area contributed by atoms with Crippen molar-refractivity contribution in [3.05, 3.63) is 11.9 Å². The summed E-state index contributed by atoms with van der Waals surface area (Å²) < 4.78 is 5.10. The molecule has 1 amide bonds. The topological polar surface area (TPSA) is 69.0 Å². The highest BCUT2D eigenvalue weighted by Gasteiger charge is 2.15. The summed E-state index contributed by atoms with van der Waals surface area (Å²) in [6, 6.07) is 0. The summed E-state index contributed by atoms with van der Waals surface area (Å²) in [6.45, 7) is 8.50. The second-order valence-corrected chi connectivity index (χ2v) is 4.71. The summed E-state index contributed by atoms with van der Waals surface area (Å²) in [6.07, 6.45) is 2.17. The van der Waals surface area contributed by atoms with Crippen LogP contribution in [0.3, 0.4) is 0 Å². The van der Waals surface area contributed by atoms with Crippen LogP contribution in [0.5, 0.6) is 0 Å². The van der Waals surface area contributed by atoms with Gasteiger partial charge in [0.25, 0.3) is 0 Å². The zero-order valence-corrected chi connectivity index (χ0v) is 10.9. The van der Waals surface area contributed by atoms with Gasteiger partial charge >= 0.3 is 6.09 Å². The van der Waals surface area contributed by atoms with Crippen LogP contribution in [0.2, 0.25) is 0 Å². The number of nitrogens with one attached hydrogen (secondary N) is 1. The Morgan fingerprint density at radius 3 is 2.76 bits per heavy atom. The molecule has 0 fully saturated rings. The zero-order chi connectivity index (χ0) is 12.9. The third kappa shape index (κ3) is 5.33. The molecule has 0 aliphatic carbocycles. The maximum Gasteiger partial charge on any atom is 0.407 e. The smallest absolute Gasteiger partial charge is 0.407 e. The van der Waals surface area contributed by atoms with Gasteiger partial charge in [-0.3, -0.25) is 0 Å². The van der Waals surface area contributed by atoms with Crippen molar-refractivity contribution in [1.29, 1.82) is 0 Å². The molecule has 1 aromatic heterocycles. The van der Waals surface area contributed by atoms with Crippen molar-refractivity contribution < 1.29 is 9.53 Å². The van der Waals surface area contributed by atoms with Gasteiger partial charge in [0.05, 0.1) is 18.4 Å². The quantitative estimate of drug-likeness (QED) is 0.863. The van der Waals surface area contributed by atoms with E-state index in [1.165, 1.54) is 0 Å². The molecule has 0 spiro atoms. The van der Waals surface area contributed by atoms with Crippen LogP contribution in [-0.2, 0) is 17.7 Å². The number of aryl methyl sites for hydroxylation is 1. The molecule has 0 radical (unpaired) electrons. The van der Waals surface area contributed by atoms with Crippen LogP contribution >= 0.6 is 0 Å². The Kier molecular flexibility index (Phi) is 4.48. The molecule has 0 atom stereocenters. The van der Waals surface area contributed by atoms with Gasteiger partial charge in [0.1, 0.15) is 5.60 Å². The molecule has 0 aliphatic rings. The Morgan fingerprint density at radius 1 is 1.53 bits per heavy atom. The Bertz CT molecular complexity index is 368. The van der Waals surface area contributed by atoms with E-state index in [0.29, 0.717) is 13.1 Å². The van der Waals surface area contributed by atoms with Crippen molar-refractivity contribution in [3.63, 3.8) is 0 Å². The van der Waals surface area contributed by atoms with Gasteiger partial charge in [-0.15, -0.1) is 0 Å². The van der Waals surface area contributed by atoms with E-state index in [-0.39, 0.29) is 0 Å². The fourth-order valence-electron chi connectivity index (χ4n) is 1.18. The number of ether oxygens (including phenoxy) is 1. The number of rotatable bonds is 4. The van der Waals surface area contributed by atoms with Gasteiger partial charge < -0.3 is 10.1 Å². The molecule has 1 aromatic rings. The highest BCUT2D eigenvalue weighted by molar-refractivity contribution is 5.67. The first-order chi connectivity index (χ1) is 7.90. The van der Waals surface area contributed by atoms with Crippen LogP contribution in [0.15, 0.2) is 6.20 Å². The summed E-state index contributed by atoms with van der Waals surface area (Å²) in [5.41, 5.74) is 0.478. The molecule has 96 valence electrons. The Morgan fingerprint density at radius 2 is 2.24 bits per heavy atom. The van der Waals surface area contributed by atoms with Gasteiger partial charge in [-0.25, -0.2) is 4.79 Å². The maximum atomic E-state index is 11.3. The normalized spacial score (nSPS) is 11.3. The van der Waals surface area contributed by atoms with Gasteiger partial charge in [0.15, 0.2) is 0 Å². The molecule has 0 unspecified atom stereocenters. The first kappa shape index (κ1) is 13.5. The second kappa shape index (κ2) is 5.65. The summed E-state index contributed by atoms with van der Waals surface area (Å²) in [5.74, 6) is 0. The number of amides is 1. The lowest BCUT2D eigenvalue weighted by molar-refractivity contribution is 0.0525. The van der Waals surface area contributed by atoms with Crippen LogP contribution in [0.25, 0.3) is 0 Å². The second-order valence-electron chi connectivity index (χ2n) is 4.71. The predicted molar refractivity (Wildman–Crippen MR) is 63.6 cm³/mol. The van der Waals surface area contributed by atoms with Crippen LogP contribution in [0, 0.1) is 0 Å². The first-order valence-electron chi connectivity index (χ1n) is 5.76. The molecule has 0 saturated carbocycles. The minimum Gasteiger partial charge on any atom is -0.444 e. The molecule has 1 heterocycles. The molecular weight excluding hydrogens is 220 g/mol. The molecule has 1 rings (SSSR count). The van der Waals surface area contributed by atoms with E-state index in [1.807, 2.05) is 27.7 Å². The molecule has 6 heteroatoms. The molecule has 17 heavy (non-hydrogen) atoms. The van der Waals surface area contributed by atoms with Crippen molar-refractivity contribution >= 4 is 6.09 Å². The SMILES string of the molecule is CCc1cnn(CCNC(=O)OC(C)(C)C)n1. The zero-order valence-electron chi connectivity index (χ0n) is 10.9. The molecule has 1 N–H and O–H groups in total. The van der Waals surface area contributed by atoms with E-state index in [1.54, 1.807) is 11.0 Å². The van der Waals surface area contributed by atoms with Crippen molar-refractivity contribution in [2.75, 3.05) is 6.54 Å². The fourth-order valence-corrected chi connectivity index (χ4v) is 1.18. The van der Waals surface area contributed by atoms with Crippen LogP contribution in [-0.4, -0.2) is 33.2 Å². The molecule has 6 nitrogen and oxygen atoms in total. The van der Waals surface area contributed by atoms with Crippen molar-refractivity contribution in [2.24, 2.45) is 0 Å². The summed E-state index contributed by atoms with van der Waals surface area (Å²) in [4.78, 5) is 12.9. The summed E-state index contributed by atoms with van der Waals surface area (Å²) in [5, 5.41) is 10.9. The molecule has 0 saturated heterocycles. The van der Waals surface area contributed by atoms with E-state index < -0.39 is 11.7 Å². The standard InChI is InChI=1S/C11H20N4O2/c1-5-9-8-13-15(14-9)7-6-12-10(16)17-11(2,3)4/h8H,5-7H2,1-4H3,(H,12,16). The number of carbonyl (C=O) groups is 1. The predicted octanol–water partition coefficient (Wildman–Crippen LogP) is 1.37. The van der Waals surface area contributed by atoms with Gasteiger partial charge in [-0.1, -0.05) is 6.92 Å². The summed E-state index contributed by atoms with van der Waals surface area (Å²) >= 11 is 0. The van der Waals surface area contributed by atoms with E-state index in [9.17, 15) is 4.79 Å². The monoisotopic (exact) mass is 240 g/mol. The number of nitrogens with zero attached hydrogens (tertiary/aromatic N) is 3. The van der Waals surface area contributed by atoms with E-state index >= 15 is 0 Å². The van der Waals surface area contributed by atoms with Gasteiger partial charge in [0.2, 0.25) is 0 Å². The highest BCUT2D eigenvalue weighted by atomic mass is 16.6. The molecule has 0 bridgehead atoms. The number of hydrogen-bond acceptors (Lipinski definition) is 4. The van der Waals surface area contributed by atoms with Crippen molar-refractivity contribution in [1.82, 2.24) is 20.3 Å². The van der Waals surface area contributed by atoms with E-state index in [0.717, 1.165) is 12.1 Å². The minimum atomic E-state index is -0.469. The van der Waals surface area contributed by atoms with E-state index in [2.05, 4.69) is 15.5 Å². The number of carbonyl (C=O) groups excluding carboxylic acids is 1. The third-order valence-electron chi connectivity index (χ3n) is 1.93. The molecular formula is C11H20N4O2. The first-order valence-corrected chi connectivity index (χ1v) is 5.76. The maximum absolute atomic E-state index is 11.3. The van der Waals surface area contributed by atoms with Gasteiger partial charge in [0, 0.05) is 6.54 Å². The minimum absolute atomic E-state index is 0.416. The Hall–Kier alpha value is -1.59. The Labute approximate surface area is 101 Å². The number of alkyl carbamates (subject to hydrolysis) is 1. The fraction of sp³-hybridized carbons (Fsp3) is 0.727. The van der Waals surface area contributed by atoms with Crippen molar-refractivity contribution in [3.8, 4) is 0 Å². The number of aromatic nitrogens is 3. The van der Waals surface area contributed by atoms with Crippen LogP contribution < -0.4 is 5.32 Å². The average molecular weight is 240 g/mol. The van der Waals surface area contributed by atoms with E-state index in [4.69, 9.17) is 4.74 Å². The van der Waals surface area contributed by atoms with Gasteiger partial charge in [-0.05, 0) is 27.2 Å². The van der Waals surface area contributed by atoms with Crippen molar-refractivity contribution in [2.45, 2.75) is 46.3 Å². The van der Waals surface area contributed by atoms with Gasteiger partial charge in [-0.2, -0.15) is 15.0 Å². The van der Waals surface area contributed by atoms with Crippen LogP contribution in [0.1, 0.15) is 33.4 Å². The summed E-state index contributed by atoms with van der Waals surface area (Å²) in [7, 11) is 0. The lowest BCUT2D eigenvalue weighted by Crippen LogP contribution is -2.34. The van der Waals surface area contributed by atoms with Crippen LogP contribution in [0.4, 0.5) is 4.79 Å². The Balaban J connectivity index is 2.26. The highest BCUT2D eigenvalue weighted by Crippen LogP contribution is 2.06. The third-order valence-corrected chi connectivity index (χ3v) is 1.93. The lowest BCUT2D eigenvalue weighted by Gasteiger charge is -2.19. The largest absolute Gasteiger partial charge is 0.444 e.